The highest BCUT2D eigenvalue weighted by atomic mass is 32.2. The number of carbonyl (C=O) groups is 1. The third-order valence-corrected chi connectivity index (χ3v) is 7.70. The van der Waals surface area contributed by atoms with Crippen LogP contribution in [0, 0.1) is 11.3 Å². The maximum Gasteiger partial charge on any atom is 0.249 e. The molecule has 1 atom stereocenters. The van der Waals surface area contributed by atoms with Crippen LogP contribution in [-0.2, 0) is 21.4 Å². The maximum atomic E-state index is 12.3. The van der Waals surface area contributed by atoms with Crippen LogP contribution in [0.1, 0.15) is 24.1 Å². The minimum atomic E-state index is -3.39. The Kier molecular flexibility index (Phi) is 4.28. The summed E-state index contributed by atoms with van der Waals surface area (Å²) >= 11 is 1.19. The summed E-state index contributed by atoms with van der Waals surface area (Å²) in [5.74, 6) is 0.239. The number of nitrogens with one attached hydrogen (secondary N) is 3. The first kappa shape index (κ1) is 15.9. The van der Waals surface area contributed by atoms with Crippen molar-refractivity contribution < 1.29 is 13.2 Å². The summed E-state index contributed by atoms with van der Waals surface area (Å²) in [5.41, 5.74) is 0.228. The van der Waals surface area contributed by atoms with Gasteiger partial charge in [0.25, 0.3) is 0 Å². The van der Waals surface area contributed by atoms with Crippen LogP contribution in [-0.4, -0.2) is 34.5 Å². The minimum Gasteiger partial charge on any atom is -0.351 e. The molecule has 1 unspecified atom stereocenters. The van der Waals surface area contributed by atoms with Crippen LogP contribution < -0.4 is 15.4 Å². The summed E-state index contributed by atoms with van der Waals surface area (Å²) in [5, 5.41) is 6.28. The first-order valence-electron chi connectivity index (χ1n) is 7.48. The molecule has 0 aromatic carbocycles. The average Bonchev–Trinajstić information content (AvgIpc) is 2.99. The van der Waals surface area contributed by atoms with Gasteiger partial charge in [-0.05, 0) is 56.9 Å². The van der Waals surface area contributed by atoms with Crippen molar-refractivity contribution in [3.8, 4) is 0 Å². The van der Waals surface area contributed by atoms with Gasteiger partial charge in [0, 0.05) is 10.8 Å². The van der Waals surface area contributed by atoms with Crippen molar-refractivity contribution in [2.24, 2.45) is 11.3 Å². The fourth-order valence-electron chi connectivity index (χ4n) is 3.19. The van der Waals surface area contributed by atoms with Crippen LogP contribution in [0.15, 0.2) is 16.3 Å². The predicted octanol–water partition coefficient (Wildman–Crippen LogP) is 0.662. The molecule has 2 aliphatic rings. The van der Waals surface area contributed by atoms with E-state index >= 15 is 0 Å². The molecular weight excluding hydrogens is 322 g/mol. The maximum absolute atomic E-state index is 12.3. The smallest absolute Gasteiger partial charge is 0.249 e. The Balaban J connectivity index is 1.54. The third-order valence-electron chi connectivity index (χ3n) is 4.71. The molecule has 3 N–H and O–H groups in total. The van der Waals surface area contributed by atoms with E-state index in [4.69, 9.17) is 0 Å². The van der Waals surface area contributed by atoms with Gasteiger partial charge in [-0.3, -0.25) is 4.79 Å². The van der Waals surface area contributed by atoms with Crippen LogP contribution >= 0.6 is 11.3 Å². The minimum absolute atomic E-state index is 0.105. The summed E-state index contributed by atoms with van der Waals surface area (Å²) < 4.78 is 25.9. The van der Waals surface area contributed by atoms with Crippen LogP contribution in [0.3, 0.4) is 0 Å². The Morgan fingerprint density at radius 1 is 1.41 bits per heavy atom. The molecule has 2 fully saturated rings. The van der Waals surface area contributed by atoms with E-state index in [0.29, 0.717) is 6.54 Å². The molecule has 0 radical (unpaired) electrons. The van der Waals surface area contributed by atoms with Crippen LogP contribution in [0.2, 0.25) is 0 Å². The first-order valence-corrected chi connectivity index (χ1v) is 9.77. The molecule has 1 aromatic rings. The normalized spacial score (nSPS) is 23.4. The van der Waals surface area contributed by atoms with Crippen molar-refractivity contribution in [2.75, 3.05) is 20.1 Å². The highest BCUT2D eigenvalue weighted by molar-refractivity contribution is 7.91. The topological polar surface area (TPSA) is 87.3 Å². The van der Waals surface area contributed by atoms with Crippen molar-refractivity contribution in [1.82, 2.24) is 15.4 Å². The molecule has 1 spiro atoms. The molecule has 122 valence electrons. The van der Waals surface area contributed by atoms with Crippen LogP contribution in [0.4, 0.5) is 0 Å². The van der Waals surface area contributed by atoms with Gasteiger partial charge in [-0.1, -0.05) is 0 Å². The molecule has 1 aliphatic carbocycles. The highest BCUT2D eigenvalue weighted by Crippen LogP contribution is 2.58. The van der Waals surface area contributed by atoms with Gasteiger partial charge in [0.15, 0.2) is 0 Å². The fraction of sp³-hybridized carbons (Fsp3) is 0.643. The summed E-state index contributed by atoms with van der Waals surface area (Å²) in [7, 11) is -2.00. The number of rotatable bonds is 5. The first-order chi connectivity index (χ1) is 10.5. The Morgan fingerprint density at radius 2 is 2.14 bits per heavy atom. The largest absolute Gasteiger partial charge is 0.351 e. The van der Waals surface area contributed by atoms with Crippen molar-refractivity contribution in [3.05, 3.63) is 17.0 Å². The van der Waals surface area contributed by atoms with E-state index in [1.807, 2.05) is 0 Å². The molecule has 0 bridgehead atoms. The van der Waals surface area contributed by atoms with E-state index in [9.17, 15) is 13.2 Å². The average molecular weight is 343 g/mol. The number of sulfonamides is 1. The number of carbonyl (C=O) groups excluding carboxylic acids is 1. The Bertz CT molecular complexity index is 663. The van der Waals surface area contributed by atoms with E-state index < -0.39 is 10.0 Å². The van der Waals surface area contributed by atoms with Crippen molar-refractivity contribution in [3.63, 3.8) is 0 Å². The molecule has 6 nitrogen and oxygen atoms in total. The van der Waals surface area contributed by atoms with E-state index in [1.54, 1.807) is 12.1 Å². The quantitative estimate of drug-likeness (QED) is 0.733. The Morgan fingerprint density at radius 3 is 2.82 bits per heavy atom. The number of piperidine rings is 1. The number of amides is 1. The summed E-state index contributed by atoms with van der Waals surface area (Å²) in [6.07, 6.45) is 3.15. The van der Waals surface area contributed by atoms with Crippen molar-refractivity contribution in [1.29, 1.82) is 0 Å². The lowest BCUT2D eigenvalue weighted by atomic mass is 9.92. The van der Waals surface area contributed by atoms with E-state index in [1.165, 1.54) is 18.4 Å². The molecule has 1 saturated carbocycles. The molecule has 1 aromatic heterocycles. The number of hydrogen-bond donors (Lipinski definition) is 3. The summed E-state index contributed by atoms with van der Waals surface area (Å²) in [6, 6.07) is 3.33. The van der Waals surface area contributed by atoms with Gasteiger partial charge >= 0.3 is 0 Å². The SMILES string of the molecule is CNS(=O)(=O)c1ccc(CNC(=O)C2CC23CCNCC3)s1. The summed E-state index contributed by atoms with van der Waals surface area (Å²) in [4.78, 5) is 13.1. The zero-order valence-corrected chi connectivity index (χ0v) is 14.1. The van der Waals surface area contributed by atoms with Gasteiger partial charge in [-0.2, -0.15) is 0 Å². The second-order valence-corrected chi connectivity index (χ2v) is 9.30. The molecule has 22 heavy (non-hydrogen) atoms. The van der Waals surface area contributed by atoms with E-state index in [0.717, 1.165) is 37.2 Å². The van der Waals surface area contributed by atoms with Crippen LogP contribution in [0.5, 0.6) is 0 Å². The molecule has 2 heterocycles. The van der Waals surface area contributed by atoms with Crippen LogP contribution in [0.25, 0.3) is 0 Å². The molecule has 1 amide bonds. The van der Waals surface area contributed by atoms with Crippen molar-refractivity contribution in [2.45, 2.75) is 30.0 Å². The monoisotopic (exact) mass is 343 g/mol. The van der Waals surface area contributed by atoms with Gasteiger partial charge in [0.05, 0.1) is 6.54 Å². The Labute approximate surface area is 134 Å². The second-order valence-electron chi connectivity index (χ2n) is 6.02. The van der Waals surface area contributed by atoms with Gasteiger partial charge in [0.2, 0.25) is 15.9 Å². The van der Waals surface area contributed by atoms with E-state index in [2.05, 4.69) is 15.4 Å². The zero-order valence-electron chi connectivity index (χ0n) is 12.5. The molecule has 1 aliphatic heterocycles. The molecule has 1 saturated heterocycles. The van der Waals surface area contributed by atoms with Gasteiger partial charge in [-0.15, -0.1) is 11.3 Å². The third kappa shape index (κ3) is 3.05. The fourth-order valence-corrected chi connectivity index (χ4v) is 5.32. The second kappa shape index (κ2) is 5.92. The number of thiophene rings is 1. The molecular formula is C14H21N3O3S2. The van der Waals surface area contributed by atoms with E-state index in [-0.39, 0.29) is 21.4 Å². The highest BCUT2D eigenvalue weighted by Gasteiger charge is 2.57. The number of hydrogen-bond acceptors (Lipinski definition) is 5. The summed E-state index contributed by atoms with van der Waals surface area (Å²) in [6.45, 7) is 2.40. The lowest BCUT2D eigenvalue weighted by molar-refractivity contribution is -0.123. The lowest BCUT2D eigenvalue weighted by Crippen LogP contribution is -2.33. The van der Waals surface area contributed by atoms with Gasteiger partial charge < -0.3 is 10.6 Å². The lowest BCUT2D eigenvalue weighted by Gasteiger charge is -2.23. The van der Waals surface area contributed by atoms with Gasteiger partial charge in [0.1, 0.15) is 4.21 Å². The zero-order chi connectivity index (χ0) is 15.8. The van der Waals surface area contributed by atoms with Crippen molar-refractivity contribution >= 4 is 27.3 Å². The Hall–Kier alpha value is -0.960. The van der Waals surface area contributed by atoms with Gasteiger partial charge in [-0.25, -0.2) is 13.1 Å². The predicted molar refractivity (Wildman–Crippen MR) is 85.1 cm³/mol. The molecule has 3 rings (SSSR count). The molecule has 8 heteroatoms. The standard InChI is InChI=1S/C14H21N3O3S2/c1-15-22(19,20)12-3-2-10(21-12)9-17-13(18)11-8-14(11)4-6-16-7-5-14/h2-3,11,15-16H,4-9H2,1H3,(H,17,18).